The van der Waals surface area contributed by atoms with Crippen LogP contribution in [0.3, 0.4) is 0 Å². The lowest BCUT2D eigenvalue weighted by Crippen LogP contribution is -2.70. The number of carbonyl (C=O) groups excluding carboxylic acids is 4. The smallest absolute Gasteiger partial charge is 0.355 e. The van der Waals surface area contributed by atoms with Gasteiger partial charge in [-0.2, -0.15) is 0 Å². The first-order valence-electron chi connectivity index (χ1n) is 10.4. The molecule has 4 rings (SSSR count). The van der Waals surface area contributed by atoms with Crippen LogP contribution in [0.5, 0.6) is 5.75 Å². The highest BCUT2D eigenvalue weighted by atomic mass is 32.2. The summed E-state index contributed by atoms with van der Waals surface area (Å²) in [5, 5.41) is -1.05. The number of rotatable bonds is 7. The van der Waals surface area contributed by atoms with Crippen molar-refractivity contribution in [1.29, 1.82) is 0 Å². The number of hydrogen-bond acceptors (Lipinski definition) is 8. The molecule has 0 spiro atoms. The molecule has 2 aliphatic rings. The van der Waals surface area contributed by atoms with Gasteiger partial charge >= 0.3 is 5.97 Å². The molecule has 2 aromatic carbocycles. The van der Waals surface area contributed by atoms with Gasteiger partial charge in [-0.15, -0.1) is 0 Å². The van der Waals surface area contributed by atoms with E-state index >= 15 is 0 Å². The standard InChI is InChI=1S/C24H22N2O7S/c1-13(2)18(24(30)33-12-14-8-10-15(32-3)11-9-14)26-22(29)19(23(26)34-31)25-20(27)16-6-4-5-7-17(16)21(25)28/h4-11,19,23,31H,12H2,1-3H3/t19-,23-/m1/s1. The number of fused-ring (bicyclic) bond motifs is 1. The highest BCUT2D eigenvalue weighted by Gasteiger charge is 2.59. The fraction of sp³-hybridized carbons (Fsp3) is 0.250. The van der Waals surface area contributed by atoms with Gasteiger partial charge in [-0.05, 0) is 49.2 Å². The van der Waals surface area contributed by atoms with Crippen molar-refractivity contribution in [3.05, 3.63) is 76.5 Å². The zero-order valence-corrected chi connectivity index (χ0v) is 19.5. The van der Waals surface area contributed by atoms with Crippen LogP contribution in [0.2, 0.25) is 0 Å². The number of β-lactam (4-membered cyclic amide) rings is 1. The molecule has 2 aliphatic heterocycles. The van der Waals surface area contributed by atoms with Crippen molar-refractivity contribution in [3.8, 4) is 5.75 Å². The lowest BCUT2D eigenvalue weighted by Gasteiger charge is -2.48. The zero-order chi connectivity index (χ0) is 24.6. The van der Waals surface area contributed by atoms with Crippen molar-refractivity contribution in [1.82, 2.24) is 9.80 Å². The summed E-state index contributed by atoms with van der Waals surface area (Å²) in [6.07, 6.45) is 0. The van der Waals surface area contributed by atoms with Gasteiger partial charge in [0.05, 0.1) is 18.2 Å². The maximum absolute atomic E-state index is 13.2. The number of imide groups is 1. The molecule has 34 heavy (non-hydrogen) atoms. The van der Waals surface area contributed by atoms with Gasteiger partial charge in [-0.25, -0.2) is 4.79 Å². The number of methoxy groups -OCH3 is 1. The predicted octanol–water partition coefficient (Wildman–Crippen LogP) is 3.07. The van der Waals surface area contributed by atoms with Crippen molar-refractivity contribution >= 4 is 35.7 Å². The van der Waals surface area contributed by atoms with Crippen LogP contribution in [0.1, 0.15) is 40.1 Å². The lowest BCUT2D eigenvalue weighted by molar-refractivity contribution is -0.154. The Labute approximate surface area is 200 Å². The number of amides is 3. The maximum Gasteiger partial charge on any atom is 0.355 e. The summed E-state index contributed by atoms with van der Waals surface area (Å²) in [5.41, 5.74) is 1.54. The third-order valence-corrected chi connectivity index (χ3v) is 6.35. The summed E-state index contributed by atoms with van der Waals surface area (Å²) in [6, 6.07) is 12.0. The average Bonchev–Trinajstić information content (AvgIpc) is 3.09. The van der Waals surface area contributed by atoms with Gasteiger partial charge in [-0.1, -0.05) is 24.3 Å². The number of hydrogen-bond donors (Lipinski definition) is 1. The van der Waals surface area contributed by atoms with Crippen molar-refractivity contribution in [3.63, 3.8) is 0 Å². The summed E-state index contributed by atoms with van der Waals surface area (Å²) in [6.45, 7) is 3.22. The topological polar surface area (TPSA) is 113 Å². The molecule has 176 valence electrons. The van der Waals surface area contributed by atoms with Crippen LogP contribution in [0.4, 0.5) is 0 Å². The van der Waals surface area contributed by atoms with Gasteiger partial charge in [0.25, 0.3) is 17.7 Å². The largest absolute Gasteiger partial charge is 0.497 e. The number of carbonyl (C=O) groups is 4. The minimum absolute atomic E-state index is 0.0413. The van der Waals surface area contributed by atoms with E-state index < -0.39 is 35.1 Å². The van der Waals surface area contributed by atoms with Gasteiger partial charge in [0.2, 0.25) is 0 Å². The third-order valence-electron chi connectivity index (χ3n) is 5.66. The van der Waals surface area contributed by atoms with Crippen molar-refractivity contribution in [2.45, 2.75) is 31.9 Å². The van der Waals surface area contributed by atoms with E-state index in [9.17, 15) is 23.7 Å². The summed E-state index contributed by atoms with van der Waals surface area (Å²) in [4.78, 5) is 53.7. The Morgan fingerprint density at radius 3 is 2.09 bits per heavy atom. The van der Waals surface area contributed by atoms with E-state index in [4.69, 9.17) is 9.47 Å². The number of benzene rings is 2. The molecule has 0 aromatic heterocycles. The maximum atomic E-state index is 13.2. The number of nitrogens with zero attached hydrogens (tertiary/aromatic N) is 2. The number of likely N-dealkylation sites (tertiary alicyclic amines) is 1. The van der Waals surface area contributed by atoms with E-state index in [0.717, 1.165) is 9.80 Å². The quantitative estimate of drug-likeness (QED) is 0.211. The Morgan fingerprint density at radius 1 is 1.00 bits per heavy atom. The Morgan fingerprint density at radius 2 is 1.59 bits per heavy atom. The van der Waals surface area contributed by atoms with E-state index in [1.54, 1.807) is 57.4 Å². The lowest BCUT2D eigenvalue weighted by atomic mass is 10.0. The molecular weight excluding hydrogens is 460 g/mol. The summed E-state index contributed by atoms with van der Waals surface area (Å²) in [7, 11) is 1.55. The second kappa shape index (κ2) is 9.32. The molecule has 1 fully saturated rings. The first kappa shape index (κ1) is 23.5. The zero-order valence-electron chi connectivity index (χ0n) is 18.7. The predicted molar refractivity (Wildman–Crippen MR) is 123 cm³/mol. The monoisotopic (exact) mass is 482 g/mol. The third kappa shape index (κ3) is 3.84. The molecule has 0 unspecified atom stereocenters. The van der Waals surface area contributed by atoms with Crippen LogP contribution in [0.25, 0.3) is 0 Å². The fourth-order valence-corrected chi connectivity index (χ4v) is 4.63. The van der Waals surface area contributed by atoms with E-state index in [1.165, 1.54) is 12.1 Å². The Kier molecular flexibility index (Phi) is 6.45. The number of ether oxygens (including phenoxy) is 2. The van der Waals surface area contributed by atoms with Gasteiger partial charge in [0, 0.05) is 12.0 Å². The molecule has 2 atom stereocenters. The number of allylic oxidation sites excluding steroid dienone is 1. The minimum atomic E-state index is -1.24. The molecule has 0 aliphatic carbocycles. The van der Waals surface area contributed by atoms with Crippen molar-refractivity contribution in [2.24, 2.45) is 0 Å². The van der Waals surface area contributed by atoms with Gasteiger partial charge in [0.1, 0.15) is 23.4 Å². The molecule has 1 N–H and O–H groups in total. The van der Waals surface area contributed by atoms with E-state index in [-0.39, 0.29) is 35.5 Å². The molecule has 1 saturated heterocycles. The van der Waals surface area contributed by atoms with Crippen LogP contribution in [0.15, 0.2) is 59.8 Å². The second-order valence-electron chi connectivity index (χ2n) is 7.95. The molecule has 2 heterocycles. The fourth-order valence-electron chi connectivity index (χ4n) is 3.97. The second-order valence-corrected chi connectivity index (χ2v) is 8.64. The molecule has 0 saturated carbocycles. The van der Waals surface area contributed by atoms with Gasteiger partial charge in [-0.3, -0.25) is 24.2 Å². The summed E-state index contributed by atoms with van der Waals surface area (Å²) >= 11 is 0.286. The van der Waals surface area contributed by atoms with E-state index in [1.807, 2.05) is 0 Å². The highest BCUT2D eigenvalue weighted by Crippen LogP contribution is 2.40. The first-order chi connectivity index (χ1) is 16.3. The van der Waals surface area contributed by atoms with Gasteiger partial charge in [0.15, 0.2) is 6.04 Å². The van der Waals surface area contributed by atoms with Crippen molar-refractivity contribution in [2.75, 3.05) is 7.11 Å². The minimum Gasteiger partial charge on any atom is -0.497 e. The van der Waals surface area contributed by atoms with E-state index in [0.29, 0.717) is 16.9 Å². The van der Waals surface area contributed by atoms with Crippen LogP contribution in [-0.2, 0) is 20.9 Å². The average molecular weight is 483 g/mol. The number of esters is 1. The van der Waals surface area contributed by atoms with Crippen LogP contribution in [0, 0.1) is 0 Å². The molecule has 9 nitrogen and oxygen atoms in total. The highest BCUT2D eigenvalue weighted by molar-refractivity contribution is 7.94. The van der Waals surface area contributed by atoms with E-state index in [2.05, 4.69) is 0 Å². The van der Waals surface area contributed by atoms with Crippen LogP contribution in [-0.4, -0.2) is 56.6 Å². The Balaban J connectivity index is 1.53. The molecule has 0 radical (unpaired) electrons. The summed E-state index contributed by atoms with van der Waals surface area (Å²) < 4.78 is 20.5. The first-order valence-corrected chi connectivity index (χ1v) is 11.2. The Bertz CT molecular complexity index is 1170. The SMILES string of the molecule is COc1ccc(COC(=O)C(=C(C)C)N2C(=O)[C@@H](N3C(=O)c4ccccc4C3=O)[C@H]2SO)cc1. The Hall–Kier alpha value is -3.63. The molecular formula is C24H22N2O7S. The molecule has 3 amide bonds. The van der Waals surface area contributed by atoms with Crippen molar-refractivity contribution < 1.29 is 33.2 Å². The molecule has 2 aromatic rings. The summed E-state index contributed by atoms with van der Waals surface area (Å²) in [5.74, 6) is -1.98. The molecule has 0 bridgehead atoms. The van der Waals surface area contributed by atoms with Crippen LogP contribution < -0.4 is 4.74 Å². The van der Waals surface area contributed by atoms with Gasteiger partial charge < -0.3 is 14.0 Å². The van der Waals surface area contributed by atoms with Crippen LogP contribution >= 0.6 is 12.0 Å². The normalized spacial score (nSPS) is 19.0. The molecule has 10 heteroatoms.